The molecule has 0 N–H and O–H groups in total. The Hall–Kier alpha value is -1.03. The summed E-state index contributed by atoms with van der Waals surface area (Å²) in [6, 6.07) is 0. The number of nitrogens with zero attached hydrogens (tertiary/aromatic N) is 2. The fourth-order valence-corrected chi connectivity index (χ4v) is 0.954. The molecule has 0 unspecified atom stereocenters. The average Bonchev–Trinajstić information content (AvgIpc) is 2.13. The van der Waals surface area contributed by atoms with Crippen LogP contribution in [0.4, 0.5) is 4.39 Å². The summed E-state index contributed by atoms with van der Waals surface area (Å²) in [5.74, 6) is -0.0989. The second-order valence-corrected chi connectivity index (χ2v) is 3.76. The molecule has 0 bridgehead atoms. The van der Waals surface area contributed by atoms with Crippen molar-refractivity contribution in [2.75, 3.05) is 7.11 Å². The van der Waals surface area contributed by atoms with E-state index in [0.717, 1.165) is 0 Å². The molecule has 0 saturated carbocycles. The standard InChI is InChI=1S/C10H15FN2O/c1-6-7(2)12-9(13-8(6)11)10(3,4)14-5/h1-5H3. The van der Waals surface area contributed by atoms with Crippen molar-refractivity contribution in [3.63, 3.8) is 0 Å². The second-order valence-electron chi connectivity index (χ2n) is 3.76. The van der Waals surface area contributed by atoms with Crippen molar-refractivity contribution in [1.82, 2.24) is 9.97 Å². The van der Waals surface area contributed by atoms with E-state index in [1.54, 1.807) is 34.8 Å². The Balaban J connectivity index is 3.26. The van der Waals surface area contributed by atoms with Gasteiger partial charge in [0.25, 0.3) is 0 Å². The molecule has 1 rings (SSSR count). The summed E-state index contributed by atoms with van der Waals surface area (Å²) < 4.78 is 18.5. The quantitative estimate of drug-likeness (QED) is 0.683. The summed E-state index contributed by atoms with van der Waals surface area (Å²) in [5, 5.41) is 0. The third kappa shape index (κ3) is 1.90. The first kappa shape index (κ1) is 11.0. The summed E-state index contributed by atoms with van der Waals surface area (Å²) >= 11 is 0. The zero-order chi connectivity index (χ0) is 10.9. The van der Waals surface area contributed by atoms with Crippen LogP contribution in [-0.2, 0) is 10.3 Å². The minimum absolute atomic E-state index is 0.376. The zero-order valence-corrected chi connectivity index (χ0v) is 9.18. The predicted molar refractivity (Wildman–Crippen MR) is 51.5 cm³/mol. The van der Waals surface area contributed by atoms with E-state index in [-0.39, 0.29) is 0 Å². The van der Waals surface area contributed by atoms with Crippen molar-refractivity contribution in [2.45, 2.75) is 33.3 Å². The van der Waals surface area contributed by atoms with Gasteiger partial charge in [0.05, 0.1) is 0 Å². The number of hydrogen-bond donors (Lipinski definition) is 0. The van der Waals surface area contributed by atoms with Gasteiger partial charge in [0.15, 0.2) is 5.82 Å². The Morgan fingerprint density at radius 2 is 1.79 bits per heavy atom. The summed E-state index contributed by atoms with van der Waals surface area (Å²) in [5.41, 5.74) is 0.484. The third-order valence-electron chi connectivity index (χ3n) is 2.38. The first-order valence-corrected chi connectivity index (χ1v) is 4.45. The molecule has 0 aromatic carbocycles. The maximum Gasteiger partial charge on any atom is 0.219 e. The van der Waals surface area contributed by atoms with Crippen LogP contribution in [0.5, 0.6) is 0 Å². The number of hydrogen-bond acceptors (Lipinski definition) is 3. The molecule has 14 heavy (non-hydrogen) atoms. The molecule has 1 aromatic heterocycles. The fourth-order valence-electron chi connectivity index (χ4n) is 0.954. The van der Waals surface area contributed by atoms with Crippen LogP contribution in [0.3, 0.4) is 0 Å². The van der Waals surface area contributed by atoms with Gasteiger partial charge in [-0.1, -0.05) is 0 Å². The molecule has 0 aliphatic heterocycles. The van der Waals surface area contributed by atoms with Crippen molar-refractivity contribution in [1.29, 1.82) is 0 Å². The van der Waals surface area contributed by atoms with Gasteiger partial charge in [0, 0.05) is 18.4 Å². The Morgan fingerprint density at radius 1 is 1.21 bits per heavy atom. The van der Waals surface area contributed by atoms with Crippen LogP contribution in [-0.4, -0.2) is 17.1 Å². The SMILES string of the molecule is COC(C)(C)c1nc(C)c(C)c(F)n1. The van der Waals surface area contributed by atoms with Gasteiger partial charge in [-0.05, 0) is 27.7 Å². The molecular weight excluding hydrogens is 183 g/mol. The van der Waals surface area contributed by atoms with Gasteiger partial charge in [-0.3, -0.25) is 0 Å². The van der Waals surface area contributed by atoms with Gasteiger partial charge in [0.1, 0.15) is 5.60 Å². The van der Waals surface area contributed by atoms with Crippen molar-refractivity contribution >= 4 is 0 Å². The lowest BCUT2D eigenvalue weighted by atomic mass is 10.1. The number of ether oxygens (including phenoxy) is 1. The lowest BCUT2D eigenvalue weighted by Gasteiger charge is -2.21. The summed E-state index contributed by atoms with van der Waals surface area (Å²) in [4.78, 5) is 7.97. The molecular formula is C10H15FN2O. The lowest BCUT2D eigenvalue weighted by molar-refractivity contribution is 0.0105. The monoisotopic (exact) mass is 198 g/mol. The fraction of sp³-hybridized carbons (Fsp3) is 0.600. The number of halogens is 1. The second kappa shape index (κ2) is 3.61. The van der Waals surface area contributed by atoms with E-state index in [9.17, 15) is 4.39 Å². The minimum Gasteiger partial charge on any atom is -0.371 e. The van der Waals surface area contributed by atoms with Crippen LogP contribution >= 0.6 is 0 Å². The summed E-state index contributed by atoms with van der Waals surface area (Å²) in [6.07, 6.45) is 0. The predicted octanol–water partition coefficient (Wildman–Crippen LogP) is 2.11. The van der Waals surface area contributed by atoms with Gasteiger partial charge >= 0.3 is 0 Å². The van der Waals surface area contributed by atoms with Crippen molar-refractivity contribution in [2.24, 2.45) is 0 Å². The highest BCUT2D eigenvalue weighted by atomic mass is 19.1. The molecule has 1 heterocycles. The van der Waals surface area contributed by atoms with Gasteiger partial charge in [-0.2, -0.15) is 4.39 Å². The zero-order valence-electron chi connectivity index (χ0n) is 9.18. The Labute approximate surface area is 83.3 Å². The van der Waals surface area contributed by atoms with Gasteiger partial charge in [-0.15, -0.1) is 0 Å². The smallest absolute Gasteiger partial charge is 0.219 e. The van der Waals surface area contributed by atoms with Gasteiger partial charge in [-0.25, -0.2) is 9.97 Å². The van der Waals surface area contributed by atoms with Crippen molar-refractivity contribution < 1.29 is 9.13 Å². The maximum absolute atomic E-state index is 13.3. The van der Waals surface area contributed by atoms with E-state index in [1.165, 1.54) is 0 Å². The molecule has 0 amide bonds. The van der Waals surface area contributed by atoms with Crippen LogP contribution < -0.4 is 0 Å². The van der Waals surface area contributed by atoms with Crippen LogP contribution in [0.15, 0.2) is 0 Å². The molecule has 0 fully saturated rings. The maximum atomic E-state index is 13.3. The normalized spacial score (nSPS) is 11.9. The molecule has 78 valence electrons. The van der Waals surface area contributed by atoms with E-state index in [0.29, 0.717) is 17.1 Å². The van der Waals surface area contributed by atoms with E-state index < -0.39 is 11.5 Å². The number of aromatic nitrogens is 2. The molecule has 0 saturated heterocycles. The topological polar surface area (TPSA) is 35.0 Å². The van der Waals surface area contributed by atoms with Gasteiger partial charge in [0.2, 0.25) is 5.95 Å². The minimum atomic E-state index is -0.653. The van der Waals surface area contributed by atoms with Crippen LogP contribution in [0, 0.1) is 19.8 Å². The number of methoxy groups -OCH3 is 1. The largest absolute Gasteiger partial charge is 0.371 e. The molecule has 0 radical (unpaired) electrons. The number of rotatable bonds is 2. The Kier molecular flexibility index (Phi) is 2.85. The Morgan fingerprint density at radius 3 is 2.21 bits per heavy atom. The lowest BCUT2D eigenvalue weighted by Crippen LogP contribution is -2.24. The molecule has 3 nitrogen and oxygen atoms in total. The molecule has 0 aliphatic rings. The molecule has 0 aliphatic carbocycles. The third-order valence-corrected chi connectivity index (χ3v) is 2.38. The van der Waals surface area contributed by atoms with Crippen molar-refractivity contribution in [3.8, 4) is 0 Å². The summed E-state index contributed by atoms with van der Waals surface area (Å²) in [6.45, 7) is 7.02. The van der Waals surface area contributed by atoms with Crippen LogP contribution in [0.25, 0.3) is 0 Å². The van der Waals surface area contributed by atoms with E-state index in [2.05, 4.69) is 9.97 Å². The van der Waals surface area contributed by atoms with Crippen LogP contribution in [0.1, 0.15) is 30.9 Å². The van der Waals surface area contributed by atoms with E-state index in [1.807, 2.05) is 0 Å². The molecule has 1 aromatic rings. The first-order chi connectivity index (χ1) is 6.38. The average molecular weight is 198 g/mol. The van der Waals surface area contributed by atoms with Gasteiger partial charge < -0.3 is 4.74 Å². The van der Waals surface area contributed by atoms with Crippen molar-refractivity contribution in [3.05, 3.63) is 23.0 Å². The van der Waals surface area contributed by atoms with Crippen LogP contribution in [0.2, 0.25) is 0 Å². The Bertz CT molecular complexity index is 327. The number of aryl methyl sites for hydroxylation is 1. The highest BCUT2D eigenvalue weighted by molar-refractivity contribution is 5.17. The highest BCUT2D eigenvalue weighted by Crippen LogP contribution is 2.21. The molecule has 4 heteroatoms. The summed E-state index contributed by atoms with van der Waals surface area (Å²) in [7, 11) is 1.55. The van der Waals surface area contributed by atoms with E-state index >= 15 is 0 Å². The molecule has 0 spiro atoms. The van der Waals surface area contributed by atoms with E-state index in [4.69, 9.17) is 4.74 Å². The highest BCUT2D eigenvalue weighted by Gasteiger charge is 2.24. The first-order valence-electron chi connectivity index (χ1n) is 4.45. The molecule has 0 atom stereocenters.